The van der Waals surface area contributed by atoms with Crippen molar-refractivity contribution in [3.8, 4) is 11.5 Å². The van der Waals surface area contributed by atoms with E-state index in [4.69, 9.17) is 13.9 Å². The summed E-state index contributed by atoms with van der Waals surface area (Å²) in [5.74, 6) is 0.0694. The quantitative estimate of drug-likeness (QED) is 0.651. The maximum absolute atomic E-state index is 10.1. The molecule has 0 fully saturated rings. The molecule has 5 nitrogen and oxygen atoms in total. The minimum absolute atomic E-state index is 0. The van der Waals surface area contributed by atoms with Crippen molar-refractivity contribution in [1.29, 1.82) is 0 Å². The van der Waals surface area contributed by atoms with Crippen molar-refractivity contribution >= 4 is 21.0 Å². The average Bonchev–Trinajstić information content (AvgIpc) is 2.51. The van der Waals surface area contributed by atoms with E-state index < -0.39 is 0 Å². The Morgan fingerprint density at radius 2 is 1.00 bits per heavy atom. The van der Waals surface area contributed by atoms with Crippen LogP contribution in [0.5, 0.6) is 11.5 Å². The van der Waals surface area contributed by atoms with E-state index in [2.05, 4.69) is 0 Å². The molecule has 0 amide bonds. The molecule has 2 rings (SSSR count). The van der Waals surface area contributed by atoms with Crippen LogP contribution in [-0.4, -0.2) is 31.2 Å². The second-order valence-electron chi connectivity index (χ2n) is 3.35. The first-order valence-corrected chi connectivity index (χ1v) is 5.90. The van der Waals surface area contributed by atoms with Crippen LogP contribution in [-0.2, 0) is 21.0 Å². The van der Waals surface area contributed by atoms with Crippen molar-refractivity contribution in [2.75, 3.05) is 0 Å². The summed E-state index contributed by atoms with van der Waals surface area (Å²) in [6, 6.07) is 12.8. The first kappa shape index (κ1) is 21.1. The summed E-state index contributed by atoms with van der Waals surface area (Å²) >= 11 is 1.06. The summed E-state index contributed by atoms with van der Waals surface area (Å²) in [4.78, 5) is 20.1. The zero-order chi connectivity index (χ0) is 15.4. The first-order chi connectivity index (χ1) is 9.69. The standard InChI is InChI=1S/2C7H6O2.B.O.V/c2*8-5-6-3-1-2-4-7(6)9;;;/h2*1-5,9H;;;. The number of phenolic OH excluding ortho intramolecular Hbond substituents is 2. The van der Waals surface area contributed by atoms with E-state index in [9.17, 15) is 9.59 Å². The van der Waals surface area contributed by atoms with Gasteiger partial charge in [-0.2, -0.15) is 0 Å². The number of hydrogen-bond acceptors (Lipinski definition) is 5. The summed E-state index contributed by atoms with van der Waals surface area (Å²) in [6.07, 6.45) is 1.24. The molecule has 0 aromatic heterocycles. The van der Waals surface area contributed by atoms with Crippen LogP contribution in [0.4, 0.5) is 0 Å². The average molecular weight is 322 g/mol. The van der Waals surface area contributed by atoms with Crippen LogP contribution in [0.15, 0.2) is 48.5 Å². The fourth-order valence-corrected chi connectivity index (χ4v) is 1.17. The number of rotatable bonds is 2. The number of aromatic hydroxyl groups is 2. The van der Waals surface area contributed by atoms with E-state index in [-0.39, 0.29) is 19.9 Å². The Hall–Kier alpha value is -2.17. The van der Waals surface area contributed by atoms with Gasteiger partial charge in [0.25, 0.3) is 0 Å². The molecule has 7 heteroatoms. The van der Waals surface area contributed by atoms with Gasteiger partial charge in [-0.1, -0.05) is 24.3 Å². The van der Waals surface area contributed by atoms with Crippen LogP contribution in [0.2, 0.25) is 0 Å². The Balaban J connectivity index is 0. The van der Waals surface area contributed by atoms with E-state index in [0.717, 1.165) is 17.4 Å². The van der Waals surface area contributed by atoms with Gasteiger partial charge < -0.3 is 10.2 Å². The van der Waals surface area contributed by atoms with E-state index in [1.165, 1.54) is 12.1 Å². The van der Waals surface area contributed by atoms with Gasteiger partial charge >= 0.3 is 21.0 Å². The van der Waals surface area contributed by atoms with Gasteiger partial charge in [0.2, 0.25) is 0 Å². The van der Waals surface area contributed by atoms with Gasteiger partial charge in [-0.15, -0.1) is 0 Å². The molecule has 0 aliphatic rings. The minimum atomic E-state index is 0. The van der Waals surface area contributed by atoms with Crippen molar-refractivity contribution in [2.24, 2.45) is 0 Å². The Labute approximate surface area is 133 Å². The maximum atomic E-state index is 10.1. The molecule has 0 spiro atoms. The van der Waals surface area contributed by atoms with Gasteiger partial charge in [0.1, 0.15) is 11.5 Å². The summed E-state index contributed by atoms with van der Waals surface area (Å²) in [5, 5.41) is 17.8. The fourth-order valence-electron chi connectivity index (χ4n) is 1.17. The number of carbonyl (C=O) groups excluding carboxylic acids is 2. The molecule has 2 aromatic carbocycles. The van der Waals surface area contributed by atoms with Gasteiger partial charge in [-0.05, 0) is 24.3 Å². The number of aldehydes is 2. The predicted octanol–water partition coefficient (Wildman–Crippen LogP) is 1.91. The molecular formula is C14H12BO5V. The first-order valence-electron chi connectivity index (χ1n) is 5.33. The zero-order valence-corrected chi connectivity index (χ0v) is 12.3. The van der Waals surface area contributed by atoms with Gasteiger partial charge in [-0.25, -0.2) is 0 Å². The molecule has 0 aliphatic carbocycles. The SMILES string of the molecule is O=Cc1ccccc1O.O=Cc1ccccc1O.[B].[O]=[V]. The van der Waals surface area contributed by atoms with Crippen LogP contribution >= 0.6 is 0 Å². The topological polar surface area (TPSA) is 91.7 Å². The zero-order valence-electron chi connectivity index (χ0n) is 10.9. The number of benzene rings is 2. The van der Waals surface area contributed by atoms with Crippen LogP contribution in [0, 0.1) is 0 Å². The second kappa shape index (κ2) is 12.8. The van der Waals surface area contributed by atoms with Crippen LogP contribution in [0.1, 0.15) is 20.7 Å². The third kappa shape index (κ3) is 7.87. The fraction of sp³-hybridized carbons (Fsp3) is 0. The van der Waals surface area contributed by atoms with Crippen molar-refractivity contribution < 1.29 is 40.8 Å². The third-order valence-corrected chi connectivity index (χ3v) is 2.13. The molecule has 0 saturated heterocycles. The number of hydrogen-bond donors (Lipinski definition) is 2. The molecule has 0 saturated carbocycles. The van der Waals surface area contributed by atoms with Crippen LogP contribution in [0.25, 0.3) is 0 Å². The molecule has 2 aromatic rings. The molecular weight excluding hydrogens is 310 g/mol. The molecule has 21 heavy (non-hydrogen) atoms. The van der Waals surface area contributed by atoms with Crippen molar-refractivity contribution in [2.45, 2.75) is 0 Å². The molecule has 106 valence electrons. The van der Waals surface area contributed by atoms with Gasteiger partial charge in [-0.3, -0.25) is 9.59 Å². The third-order valence-electron chi connectivity index (χ3n) is 2.13. The normalized spacial score (nSPS) is 7.76. The molecule has 0 aliphatic heterocycles. The van der Waals surface area contributed by atoms with Crippen molar-refractivity contribution in [1.82, 2.24) is 0 Å². The summed E-state index contributed by atoms with van der Waals surface area (Å²) in [6.45, 7) is 0. The summed E-state index contributed by atoms with van der Waals surface area (Å²) in [5.41, 5.74) is 0.662. The number of phenols is 2. The van der Waals surface area contributed by atoms with Crippen molar-refractivity contribution in [3.05, 3.63) is 59.7 Å². The second-order valence-corrected chi connectivity index (χ2v) is 3.35. The Kier molecular flexibility index (Phi) is 12.9. The molecule has 3 radical (unpaired) electrons. The summed E-state index contributed by atoms with van der Waals surface area (Å²) < 4.78 is 8.19. The van der Waals surface area contributed by atoms with E-state index in [1.807, 2.05) is 0 Å². The van der Waals surface area contributed by atoms with E-state index in [1.54, 1.807) is 36.4 Å². The predicted molar refractivity (Wildman–Crippen MR) is 73.4 cm³/mol. The molecule has 0 unspecified atom stereocenters. The Morgan fingerprint density at radius 1 is 0.714 bits per heavy atom. The van der Waals surface area contributed by atoms with Crippen LogP contribution in [0.3, 0.4) is 0 Å². The van der Waals surface area contributed by atoms with E-state index in [0.29, 0.717) is 23.7 Å². The van der Waals surface area contributed by atoms with Crippen LogP contribution < -0.4 is 0 Å². The van der Waals surface area contributed by atoms with Gasteiger partial charge in [0.15, 0.2) is 12.6 Å². The Bertz CT molecular complexity index is 513. The molecule has 2 N–H and O–H groups in total. The summed E-state index contributed by atoms with van der Waals surface area (Å²) in [7, 11) is 0. The molecule has 0 bridgehead atoms. The monoisotopic (exact) mass is 322 g/mol. The molecule has 0 heterocycles. The van der Waals surface area contributed by atoms with E-state index >= 15 is 0 Å². The molecule has 0 atom stereocenters. The number of carbonyl (C=O) groups is 2. The number of para-hydroxylation sites is 2. The van der Waals surface area contributed by atoms with Gasteiger partial charge in [0.05, 0.1) is 11.1 Å². The van der Waals surface area contributed by atoms with Crippen molar-refractivity contribution in [3.63, 3.8) is 0 Å². The Morgan fingerprint density at radius 3 is 1.19 bits per heavy atom. The van der Waals surface area contributed by atoms with Gasteiger partial charge in [0, 0.05) is 8.41 Å².